The van der Waals surface area contributed by atoms with Gasteiger partial charge in [0, 0.05) is 7.05 Å². The number of nitriles is 3. The maximum absolute atomic E-state index is 12.4. The predicted molar refractivity (Wildman–Crippen MR) is 61.4 cm³/mol. The van der Waals surface area contributed by atoms with Gasteiger partial charge < -0.3 is 4.90 Å². The summed E-state index contributed by atoms with van der Waals surface area (Å²) in [6.07, 6.45) is -7.35. The topological polar surface area (TPSA) is 91.7 Å². The van der Waals surface area contributed by atoms with E-state index in [0.29, 0.717) is 0 Å². The highest BCUT2D eigenvalue weighted by Gasteiger charge is 2.46. The molecule has 0 aliphatic heterocycles. The molecule has 0 aromatic heterocycles. The van der Waals surface area contributed by atoms with Crippen molar-refractivity contribution in [2.45, 2.75) is 38.4 Å². The summed E-state index contributed by atoms with van der Waals surface area (Å²) in [6.45, 7) is 2.80. The highest BCUT2D eigenvalue weighted by molar-refractivity contribution is 5.78. The number of amides is 1. The van der Waals surface area contributed by atoms with E-state index in [-0.39, 0.29) is 0 Å². The molecule has 0 saturated heterocycles. The molecular weight excluding hydrogens is 273 g/mol. The van der Waals surface area contributed by atoms with Gasteiger partial charge in [-0.2, -0.15) is 29.0 Å². The molecule has 0 fully saturated rings. The Bertz CT molecular complexity index is 491. The van der Waals surface area contributed by atoms with E-state index in [1.54, 1.807) is 0 Å². The SMILES string of the molecule is CN(C(=O)CC(C#N)(C#N)CC(F)(F)F)C(C)(C)C#N. The summed E-state index contributed by atoms with van der Waals surface area (Å²) in [5.41, 5.74) is -3.72. The number of carbonyl (C=O) groups excluding carboxylic acids is 1. The van der Waals surface area contributed by atoms with Crippen LogP contribution in [0.15, 0.2) is 0 Å². The molecule has 0 aliphatic carbocycles. The fourth-order valence-electron chi connectivity index (χ4n) is 1.35. The molecule has 20 heavy (non-hydrogen) atoms. The van der Waals surface area contributed by atoms with Crippen molar-refractivity contribution in [2.24, 2.45) is 5.41 Å². The molecule has 0 rings (SSSR count). The van der Waals surface area contributed by atoms with Crippen LogP contribution in [0.25, 0.3) is 0 Å². The molecule has 108 valence electrons. The quantitative estimate of drug-likeness (QED) is 0.791. The van der Waals surface area contributed by atoms with E-state index >= 15 is 0 Å². The monoisotopic (exact) mass is 286 g/mol. The van der Waals surface area contributed by atoms with Gasteiger partial charge in [-0.15, -0.1) is 0 Å². The summed E-state index contributed by atoms with van der Waals surface area (Å²) in [5, 5.41) is 26.5. The van der Waals surface area contributed by atoms with E-state index in [1.807, 2.05) is 6.07 Å². The van der Waals surface area contributed by atoms with Crippen molar-refractivity contribution in [3.63, 3.8) is 0 Å². The van der Waals surface area contributed by atoms with E-state index in [9.17, 15) is 18.0 Å². The molecule has 0 aromatic rings. The van der Waals surface area contributed by atoms with Gasteiger partial charge >= 0.3 is 6.18 Å². The third kappa shape index (κ3) is 4.44. The van der Waals surface area contributed by atoms with E-state index < -0.39 is 35.9 Å². The van der Waals surface area contributed by atoms with Crippen LogP contribution in [-0.4, -0.2) is 29.6 Å². The van der Waals surface area contributed by atoms with Gasteiger partial charge in [-0.3, -0.25) is 4.79 Å². The number of rotatable bonds is 4. The van der Waals surface area contributed by atoms with Crippen LogP contribution in [0.1, 0.15) is 26.7 Å². The van der Waals surface area contributed by atoms with Gasteiger partial charge in [0.15, 0.2) is 5.41 Å². The third-order valence-electron chi connectivity index (χ3n) is 2.87. The minimum absolute atomic E-state index is 0.871. The minimum atomic E-state index is -4.74. The van der Waals surface area contributed by atoms with Crippen LogP contribution < -0.4 is 0 Å². The Kier molecular flexibility index (Phi) is 5.14. The van der Waals surface area contributed by atoms with Gasteiger partial charge in [-0.25, -0.2) is 0 Å². The third-order valence-corrected chi connectivity index (χ3v) is 2.87. The molecule has 1 amide bonds. The molecular formula is C12H13F3N4O. The lowest BCUT2D eigenvalue weighted by atomic mass is 9.83. The first-order valence-electron chi connectivity index (χ1n) is 5.50. The van der Waals surface area contributed by atoms with Gasteiger partial charge in [-0.1, -0.05) is 0 Å². The molecule has 0 radical (unpaired) electrons. The summed E-state index contributed by atoms with van der Waals surface area (Å²) < 4.78 is 37.2. The first-order chi connectivity index (χ1) is 8.93. The zero-order valence-corrected chi connectivity index (χ0v) is 11.2. The average molecular weight is 286 g/mol. The molecule has 0 spiro atoms. The van der Waals surface area contributed by atoms with Crippen LogP contribution >= 0.6 is 0 Å². The second-order valence-electron chi connectivity index (χ2n) is 4.90. The van der Waals surface area contributed by atoms with Crippen LogP contribution in [0, 0.1) is 39.4 Å². The zero-order valence-electron chi connectivity index (χ0n) is 11.2. The molecule has 5 nitrogen and oxygen atoms in total. The average Bonchev–Trinajstić information content (AvgIpc) is 2.35. The van der Waals surface area contributed by atoms with Crippen LogP contribution in [0.2, 0.25) is 0 Å². The van der Waals surface area contributed by atoms with Crippen LogP contribution in [-0.2, 0) is 4.79 Å². The van der Waals surface area contributed by atoms with Gasteiger partial charge in [0.1, 0.15) is 5.54 Å². The number of alkyl halides is 3. The molecule has 0 heterocycles. The summed E-state index contributed by atoms with van der Waals surface area (Å²) in [7, 11) is 1.23. The molecule has 0 aromatic carbocycles. The van der Waals surface area contributed by atoms with Crippen molar-refractivity contribution >= 4 is 5.91 Å². The first kappa shape index (κ1) is 17.7. The Morgan fingerprint density at radius 1 is 1.10 bits per heavy atom. The lowest BCUT2D eigenvalue weighted by molar-refractivity contribution is -0.151. The van der Waals surface area contributed by atoms with Crippen LogP contribution in [0.4, 0.5) is 13.2 Å². The number of halogens is 3. The molecule has 0 unspecified atom stereocenters. The number of hydrogen-bond donors (Lipinski definition) is 0. The Morgan fingerprint density at radius 2 is 1.55 bits per heavy atom. The number of nitrogens with zero attached hydrogens (tertiary/aromatic N) is 4. The highest BCUT2D eigenvalue weighted by atomic mass is 19.4. The largest absolute Gasteiger partial charge is 0.391 e. The first-order valence-corrected chi connectivity index (χ1v) is 5.50. The second kappa shape index (κ2) is 5.79. The van der Waals surface area contributed by atoms with E-state index in [1.165, 1.54) is 33.0 Å². The normalized spacial score (nSPS) is 11.9. The minimum Gasteiger partial charge on any atom is -0.328 e. The van der Waals surface area contributed by atoms with Crippen molar-refractivity contribution in [2.75, 3.05) is 7.05 Å². The molecule has 0 N–H and O–H groups in total. The maximum atomic E-state index is 12.4. The Morgan fingerprint density at radius 3 is 1.85 bits per heavy atom. The van der Waals surface area contributed by atoms with Crippen molar-refractivity contribution in [3.05, 3.63) is 0 Å². The number of hydrogen-bond acceptors (Lipinski definition) is 4. The van der Waals surface area contributed by atoms with Crippen molar-refractivity contribution in [1.82, 2.24) is 4.90 Å². The molecule has 0 saturated carbocycles. The standard InChI is InChI=1S/C12H13F3N4O/c1-10(2,6-16)19(3)9(20)4-11(7-17,8-18)5-12(13,14)15/h4-5H2,1-3H3. The van der Waals surface area contributed by atoms with Crippen molar-refractivity contribution < 1.29 is 18.0 Å². The Labute approximate surface area is 114 Å². The summed E-state index contributed by atoms with van der Waals surface area (Å²) in [6, 6.07) is 4.34. The van der Waals surface area contributed by atoms with Gasteiger partial charge in [0.2, 0.25) is 5.91 Å². The van der Waals surface area contributed by atoms with E-state index in [0.717, 1.165) is 4.90 Å². The molecule has 0 bridgehead atoms. The summed E-state index contributed by atoms with van der Waals surface area (Å²) in [5.74, 6) is -0.871. The van der Waals surface area contributed by atoms with E-state index in [4.69, 9.17) is 15.8 Å². The van der Waals surface area contributed by atoms with Crippen LogP contribution in [0.3, 0.4) is 0 Å². The van der Waals surface area contributed by atoms with Gasteiger partial charge in [-0.05, 0) is 13.8 Å². The Hall–Kier alpha value is -2.27. The maximum Gasteiger partial charge on any atom is 0.391 e. The lowest BCUT2D eigenvalue weighted by Crippen LogP contribution is -2.45. The summed E-state index contributed by atoms with van der Waals surface area (Å²) in [4.78, 5) is 12.8. The lowest BCUT2D eigenvalue weighted by Gasteiger charge is -2.31. The van der Waals surface area contributed by atoms with Gasteiger partial charge in [0.05, 0.1) is 31.0 Å². The molecule has 8 heteroatoms. The fraction of sp³-hybridized carbons (Fsp3) is 0.667. The fourth-order valence-corrected chi connectivity index (χ4v) is 1.35. The van der Waals surface area contributed by atoms with Crippen molar-refractivity contribution in [3.8, 4) is 18.2 Å². The second-order valence-corrected chi connectivity index (χ2v) is 4.90. The van der Waals surface area contributed by atoms with Crippen LogP contribution in [0.5, 0.6) is 0 Å². The highest BCUT2D eigenvalue weighted by Crippen LogP contribution is 2.36. The smallest absolute Gasteiger partial charge is 0.328 e. The molecule has 0 aliphatic rings. The molecule has 0 atom stereocenters. The zero-order chi connectivity index (χ0) is 16.2. The van der Waals surface area contributed by atoms with E-state index in [2.05, 4.69) is 0 Å². The number of carbonyl (C=O) groups is 1. The van der Waals surface area contributed by atoms with Gasteiger partial charge in [0.25, 0.3) is 0 Å². The summed E-state index contributed by atoms with van der Waals surface area (Å²) >= 11 is 0. The predicted octanol–water partition coefficient (Wildman–Crippen LogP) is 2.12. The Balaban J connectivity index is 5.26. The van der Waals surface area contributed by atoms with Crippen molar-refractivity contribution in [1.29, 1.82) is 15.8 Å².